The number of rotatable bonds is 2. The average Bonchev–Trinajstić information content (AvgIpc) is 1.85. The minimum Gasteiger partial charge on any atom is -0.297 e. The summed E-state index contributed by atoms with van der Waals surface area (Å²) in [6.07, 6.45) is 0. The summed E-state index contributed by atoms with van der Waals surface area (Å²) in [6.45, 7) is 4.27. The van der Waals surface area contributed by atoms with Crippen LogP contribution in [-0.4, -0.2) is 40.5 Å². The van der Waals surface area contributed by atoms with E-state index in [9.17, 15) is 0 Å². The minimum atomic E-state index is 0.548. The third-order valence-electron chi connectivity index (χ3n) is 1.24. The predicted octanol–water partition coefficient (Wildman–Crippen LogP) is 1.04. The first-order valence-corrected chi connectivity index (χ1v) is 4.09. The van der Waals surface area contributed by atoms with Crippen LogP contribution >= 0.6 is 23.6 Å². The number of hydrogen-bond donors (Lipinski definition) is 0. The van der Waals surface area contributed by atoms with E-state index in [2.05, 4.69) is 0 Å². The van der Waals surface area contributed by atoms with Crippen molar-refractivity contribution in [3.63, 3.8) is 0 Å². The summed E-state index contributed by atoms with van der Waals surface area (Å²) in [5, 5.41) is 1.70. The van der Waals surface area contributed by atoms with E-state index in [1.54, 1.807) is 13.9 Å². The highest BCUT2D eigenvalue weighted by Crippen LogP contribution is 2.11. The summed E-state index contributed by atoms with van der Waals surface area (Å²) < 4.78 is 3.10. The van der Waals surface area contributed by atoms with Crippen LogP contribution in [0.3, 0.4) is 0 Å². The molecule has 1 rings (SSSR count). The van der Waals surface area contributed by atoms with Gasteiger partial charge in [-0.15, -0.1) is 0 Å². The molecule has 0 amide bonds. The van der Waals surface area contributed by atoms with Crippen LogP contribution in [0.2, 0.25) is 0 Å². The Kier molecular flexibility index (Phi) is 3.84. The number of halogens is 2. The normalized spacial score (nSPS) is 24.3. The molecule has 1 aliphatic heterocycles. The second-order valence-electron chi connectivity index (χ2n) is 2.25. The van der Waals surface area contributed by atoms with Gasteiger partial charge in [0.25, 0.3) is 0 Å². The zero-order valence-corrected chi connectivity index (χ0v) is 7.85. The molecule has 0 aromatic rings. The van der Waals surface area contributed by atoms with Gasteiger partial charge in [-0.1, -0.05) is 0 Å². The zero-order chi connectivity index (χ0) is 8.27. The zero-order valence-electron chi connectivity index (χ0n) is 6.33. The Morgan fingerprint density at radius 3 is 2.18 bits per heavy atom. The molecule has 11 heavy (non-hydrogen) atoms. The van der Waals surface area contributed by atoms with E-state index in [1.165, 1.54) is 0 Å². The van der Waals surface area contributed by atoms with Crippen LogP contribution in [0.15, 0.2) is 0 Å². The van der Waals surface area contributed by atoms with Crippen molar-refractivity contribution in [2.75, 3.05) is 26.6 Å². The Bertz CT molecular complexity index is 116. The molecule has 0 N–H and O–H groups in total. The van der Waals surface area contributed by atoms with E-state index in [-0.39, 0.29) is 0 Å². The van der Waals surface area contributed by atoms with Crippen LogP contribution in [-0.2, 0) is 4.84 Å². The van der Waals surface area contributed by atoms with Crippen LogP contribution in [0.5, 0.6) is 0 Å². The first-order valence-electron chi connectivity index (χ1n) is 3.41. The number of hydrogen-bond acceptors (Lipinski definition) is 4. The molecule has 1 aliphatic rings. The topological polar surface area (TPSA) is 19.0 Å². The third-order valence-corrected chi connectivity index (χ3v) is 1.67. The van der Waals surface area contributed by atoms with Crippen molar-refractivity contribution in [3.05, 3.63) is 0 Å². The molecule has 0 atom stereocenters. The highest BCUT2D eigenvalue weighted by Gasteiger charge is 2.20. The van der Waals surface area contributed by atoms with E-state index >= 15 is 0 Å². The lowest BCUT2D eigenvalue weighted by atomic mass is 10.7. The van der Waals surface area contributed by atoms with E-state index in [0.29, 0.717) is 26.6 Å². The molecule has 0 spiro atoms. The molecule has 0 bridgehead atoms. The first-order chi connectivity index (χ1) is 5.22. The highest BCUT2D eigenvalue weighted by atomic mass is 35.5. The molecule has 0 aromatic carbocycles. The quantitative estimate of drug-likeness (QED) is 0.620. The van der Waals surface area contributed by atoms with Gasteiger partial charge >= 0.3 is 0 Å². The number of hydroxylamine groups is 2. The molecular weight excluding hydrogens is 189 g/mol. The van der Waals surface area contributed by atoms with Gasteiger partial charge in [0.2, 0.25) is 0 Å². The second kappa shape index (κ2) is 4.45. The standard InChI is InChI=1S/C5H11Cl2N3O/c1-2-11-10-4-8(6)3-9(7)5-10/h2-5H2,1H3. The molecule has 1 saturated heterocycles. The van der Waals surface area contributed by atoms with Gasteiger partial charge in [-0.05, 0) is 30.5 Å². The lowest BCUT2D eigenvalue weighted by Crippen LogP contribution is -2.47. The van der Waals surface area contributed by atoms with E-state index in [0.717, 1.165) is 0 Å². The molecule has 0 aromatic heterocycles. The predicted molar refractivity (Wildman–Crippen MR) is 43.5 cm³/mol. The van der Waals surface area contributed by atoms with Crippen molar-refractivity contribution < 1.29 is 4.84 Å². The Hall–Kier alpha value is 0.420. The fourth-order valence-corrected chi connectivity index (χ4v) is 1.46. The highest BCUT2D eigenvalue weighted by molar-refractivity contribution is 6.15. The Balaban J connectivity index is 2.30. The van der Waals surface area contributed by atoms with Gasteiger partial charge < -0.3 is 0 Å². The largest absolute Gasteiger partial charge is 0.297 e. The van der Waals surface area contributed by atoms with E-state index in [4.69, 9.17) is 28.4 Å². The molecule has 0 unspecified atom stereocenters. The van der Waals surface area contributed by atoms with Gasteiger partial charge in [-0.2, -0.15) is 13.9 Å². The molecule has 0 radical (unpaired) electrons. The minimum absolute atomic E-state index is 0.548. The Morgan fingerprint density at radius 1 is 1.18 bits per heavy atom. The summed E-state index contributed by atoms with van der Waals surface area (Å²) in [4.78, 5) is 5.20. The molecule has 1 fully saturated rings. The fourth-order valence-electron chi connectivity index (χ4n) is 0.907. The van der Waals surface area contributed by atoms with Gasteiger partial charge in [0.05, 0.1) is 26.6 Å². The molecule has 66 valence electrons. The van der Waals surface area contributed by atoms with Crippen molar-refractivity contribution >= 4 is 23.6 Å². The Morgan fingerprint density at radius 2 is 1.73 bits per heavy atom. The fraction of sp³-hybridized carbons (Fsp3) is 1.00. The maximum atomic E-state index is 5.73. The summed E-state index contributed by atoms with van der Waals surface area (Å²) in [5.74, 6) is 0. The SMILES string of the molecule is CCON1CN(Cl)CN(Cl)C1. The van der Waals surface area contributed by atoms with Crippen LogP contribution in [0.25, 0.3) is 0 Å². The van der Waals surface area contributed by atoms with E-state index < -0.39 is 0 Å². The summed E-state index contributed by atoms with van der Waals surface area (Å²) in [6, 6.07) is 0. The smallest absolute Gasteiger partial charge is 0.0929 e. The summed E-state index contributed by atoms with van der Waals surface area (Å²) >= 11 is 11.5. The van der Waals surface area contributed by atoms with Crippen LogP contribution in [0.4, 0.5) is 0 Å². The van der Waals surface area contributed by atoms with Gasteiger partial charge in [0.1, 0.15) is 0 Å². The van der Waals surface area contributed by atoms with Crippen LogP contribution < -0.4 is 0 Å². The molecule has 0 aliphatic carbocycles. The lowest BCUT2D eigenvalue weighted by Gasteiger charge is -2.34. The average molecular weight is 200 g/mol. The van der Waals surface area contributed by atoms with Crippen LogP contribution in [0.1, 0.15) is 6.92 Å². The molecule has 4 nitrogen and oxygen atoms in total. The first kappa shape index (κ1) is 9.51. The van der Waals surface area contributed by atoms with Gasteiger partial charge in [-0.3, -0.25) is 4.84 Å². The maximum Gasteiger partial charge on any atom is 0.0929 e. The van der Waals surface area contributed by atoms with Crippen molar-refractivity contribution in [2.45, 2.75) is 6.92 Å². The maximum absolute atomic E-state index is 5.73. The van der Waals surface area contributed by atoms with E-state index in [1.807, 2.05) is 6.92 Å². The van der Waals surface area contributed by atoms with Crippen LogP contribution in [0, 0.1) is 0 Å². The van der Waals surface area contributed by atoms with Crippen molar-refractivity contribution in [3.8, 4) is 0 Å². The second-order valence-corrected chi connectivity index (χ2v) is 3.21. The molecular formula is C5H11Cl2N3O. The van der Waals surface area contributed by atoms with Gasteiger partial charge in [0.15, 0.2) is 0 Å². The summed E-state index contributed by atoms with van der Waals surface area (Å²) in [5.41, 5.74) is 0. The molecule has 6 heteroatoms. The van der Waals surface area contributed by atoms with Crippen molar-refractivity contribution in [2.24, 2.45) is 0 Å². The third kappa shape index (κ3) is 3.11. The van der Waals surface area contributed by atoms with Crippen molar-refractivity contribution in [1.82, 2.24) is 13.9 Å². The summed E-state index contributed by atoms with van der Waals surface area (Å²) in [7, 11) is 0. The van der Waals surface area contributed by atoms with Gasteiger partial charge in [-0.25, -0.2) is 0 Å². The monoisotopic (exact) mass is 199 g/mol. The van der Waals surface area contributed by atoms with Crippen molar-refractivity contribution in [1.29, 1.82) is 0 Å². The lowest BCUT2D eigenvalue weighted by molar-refractivity contribution is -0.205. The molecule has 1 heterocycles. The van der Waals surface area contributed by atoms with Gasteiger partial charge in [0, 0.05) is 0 Å². The Labute approximate surface area is 76.4 Å². The number of nitrogens with zero attached hydrogens (tertiary/aromatic N) is 3. The molecule has 0 saturated carbocycles.